The lowest BCUT2D eigenvalue weighted by Gasteiger charge is -2.21. The lowest BCUT2D eigenvalue weighted by molar-refractivity contribution is -0.134. The normalized spacial score (nSPS) is 20.5. The molecule has 1 aromatic carbocycles. The largest absolute Gasteiger partial charge is 0.378 e. The van der Waals surface area contributed by atoms with Gasteiger partial charge in [0.2, 0.25) is 5.91 Å². The number of anilines is 1. The summed E-state index contributed by atoms with van der Waals surface area (Å²) in [4.78, 5) is 21.5. The zero-order valence-electron chi connectivity index (χ0n) is 17.6. The van der Waals surface area contributed by atoms with E-state index in [1.54, 1.807) is 0 Å². The molecule has 2 aliphatic rings. The van der Waals surface area contributed by atoms with Gasteiger partial charge >= 0.3 is 0 Å². The van der Waals surface area contributed by atoms with Crippen molar-refractivity contribution >= 4 is 17.6 Å². The van der Waals surface area contributed by atoms with E-state index in [0.29, 0.717) is 12.5 Å². The Hall–Kier alpha value is -2.24. The summed E-state index contributed by atoms with van der Waals surface area (Å²) in [5.41, 5.74) is 2.38. The van der Waals surface area contributed by atoms with Crippen LogP contribution < -0.4 is 15.5 Å². The summed E-state index contributed by atoms with van der Waals surface area (Å²) in [6, 6.07) is 8.77. The maximum atomic E-state index is 12.6. The second-order valence-corrected chi connectivity index (χ2v) is 8.15. The van der Waals surface area contributed by atoms with Gasteiger partial charge in [0.1, 0.15) is 0 Å². The Morgan fingerprint density at radius 2 is 1.89 bits per heavy atom. The minimum atomic E-state index is 0.269. The minimum absolute atomic E-state index is 0.269. The molecule has 3 rings (SSSR count). The average Bonchev–Trinajstić information content (AvgIpc) is 3.38. The van der Waals surface area contributed by atoms with Crippen LogP contribution in [0.2, 0.25) is 0 Å². The van der Waals surface area contributed by atoms with Crippen LogP contribution >= 0.6 is 0 Å². The Kier molecular flexibility index (Phi) is 7.18. The maximum Gasteiger partial charge on any atom is 0.225 e. The number of amides is 1. The first-order chi connectivity index (χ1) is 13.6. The first-order valence-corrected chi connectivity index (χ1v) is 10.7. The Bertz CT molecular complexity index is 664. The molecular weight excluding hydrogens is 350 g/mol. The molecule has 0 radical (unpaired) electrons. The van der Waals surface area contributed by atoms with Gasteiger partial charge in [0.25, 0.3) is 0 Å². The van der Waals surface area contributed by atoms with Gasteiger partial charge in [-0.15, -0.1) is 0 Å². The Balaban J connectivity index is 1.53. The lowest BCUT2D eigenvalue weighted by Crippen LogP contribution is -2.45. The summed E-state index contributed by atoms with van der Waals surface area (Å²) in [5, 5.41) is 6.86. The van der Waals surface area contributed by atoms with Gasteiger partial charge < -0.3 is 20.4 Å². The number of rotatable bonds is 6. The fraction of sp³-hybridized carbons (Fsp3) is 0.636. The van der Waals surface area contributed by atoms with Crippen LogP contribution in [-0.2, 0) is 11.3 Å². The Labute approximate surface area is 169 Å². The maximum absolute atomic E-state index is 12.6. The molecule has 154 valence electrons. The second-order valence-electron chi connectivity index (χ2n) is 8.15. The number of carbonyl (C=O) groups is 1. The molecule has 0 spiro atoms. The van der Waals surface area contributed by atoms with Crippen LogP contribution in [0, 0.1) is 5.92 Å². The van der Waals surface area contributed by atoms with Crippen molar-refractivity contribution in [3.05, 3.63) is 29.8 Å². The molecule has 1 amide bonds. The SMILES string of the molecule is CCNC(=NCc1ccc(N(C)C)cc1)NC1CCN(C(=O)C2CCCC2)C1. The van der Waals surface area contributed by atoms with Crippen molar-refractivity contribution in [3.8, 4) is 0 Å². The van der Waals surface area contributed by atoms with Crippen LogP contribution in [0.3, 0.4) is 0 Å². The van der Waals surface area contributed by atoms with Crippen molar-refractivity contribution in [2.24, 2.45) is 10.9 Å². The molecule has 2 N–H and O–H groups in total. The van der Waals surface area contributed by atoms with Crippen molar-refractivity contribution < 1.29 is 4.79 Å². The summed E-state index contributed by atoms with van der Waals surface area (Å²) in [5.74, 6) is 1.47. The zero-order valence-corrected chi connectivity index (χ0v) is 17.6. The first kappa shape index (κ1) is 20.5. The van der Waals surface area contributed by atoms with E-state index in [2.05, 4.69) is 51.6 Å². The summed E-state index contributed by atoms with van der Waals surface area (Å²) in [6.07, 6.45) is 5.55. The third kappa shape index (κ3) is 5.40. The molecule has 2 fully saturated rings. The third-order valence-electron chi connectivity index (χ3n) is 5.76. The van der Waals surface area contributed by atoms with Crippen molar-refractivity contribution in [2.75, 3.05) is 38.6 Å². The molecule has 1 saturated heterocycles. The third-order valence-corrected chi connectivity index (χ3v) is 5.76. The van der Waals surface area contributed by atoms with E-state index in [9.17, 15) is 4.79 Å². The average molecular weight is 386 g/mol. The van der Waals surface area contributed by atoms with Gasteiger partial charge in [-0.25, -0.2) is 4.99 Å². The van der Waals surface area contributed by atoms with Gasteiger partial charge in [-0.3, -0.25) is 4.79 Å². The molecule has 6 nitrogen and oxygen atoms in total. The molecular formula is C22H35N5O. The minimum Gasteiger partial charge on any atom is -0.378 e. The number of guanidine groups is 1. The number of hydrogen-bond acceptors (Lipinski definition) is 3. The zero-order chi connectivity index (χ0) is 19.9. The van der Waals surface area contributed by atoms with E-state index >= 15 is 0 Å². The molecule has 1 aromatic rings. The van der Waals surface area contributed by atoms with Crippen LogP contribution in [0.1, 0.15) is 44.6 Å². The van der Waals surface area contributed by atoms with Gasteiger partial charge in [0.05, 0.1) is 6.54 Å². The number of hydrogen-bond donors (Lipinski definition) is 2. The quantitative estimate of drug-likeness (QED) is 0.584. The number of aliphatic imine (C=N–C) groups is 1. The van der Waals surface area contributed by atoms with E-state index in [-0.39, 0.29) is 12.0 Å². The highest BCUT2D eigenvalue weighted by Gasteiger charge is 2.32. The molecule has 1 saturated carbocycles. The predicted molar refractivity (Wildman–Crippen MR) is 116 cm³/mol. The van der Waals surface area contributed by atoms with E-state index in [4.69, 9.17) is 4.99 Å². The van der Waals surface area contributed by atoms with Gasteiger partial charge in [-0.2, -0.15) is 0 Å². The highest BCUT2D eigenvalue weighted by atomic mass is 16.2. The van der Waals surface area contributed by atoms with Gasteiger partial charge in [-0.05, 0) is 43.9 Å². The van der Waals surface area contributed by atoms with Gasteiger partial charge in [0, 0.05) is 51.4 Å². The highest BCUT2D eigenvalue weighted by molar-refractivity contribution is 5.81. The number of nitrogens with one attached hydrogen (secondary N) is 2. The van der Waals surface area contributed by atoms with Crippen LogP contribution in [0.15, 0.2) is 29.3 Å². The molecule has 1 atom stereocenters. The second kappa shape index (κ2) is 9.80. The van der Waals surface area contributed by atoms with Crippen molar-refractivity contribution in [1.29, 1.82) is 0 Å². The predicted octanol–water partition coefficient (Wildman–Crippen LogP) is 2.60. The van der Waals surface area contributed by atoms with Crippen LogP contribution in [-0.4, -0.2) is 56.5 Å². The summed E-state index contributed by atoms with van der Waals surface area (Å²) in [6.45, 7) is 5.19. The number of nitrogens with zero attached hydrogens (tertiary/aromatic N) is 3. The number of carbonyl (C=O) groups excluding carboxylic acids is 1. The van der Waals surface area contributed by atoms with Crippen LogP contribution in [0.25, 0.3) is 0 Å². The summed E-state index contributed by atoms with van der Waals surface area (Å²) >= 11 is 0. The molecule has 1 unspecified atom stereocenters. The highest BCUT2D eigenvalue weighted by Crippen LogP contribution is 2.27. The van der Waals surface area contributed by atoms with E-state index in [1.165, 1.54) is 24.1 Å². The van der Waals surface area contributed by atoms with Gasteiger partial charge in [0.15, 0.2) is 5.96 Å². The molecule has 1 aliphatic heterocycles. The number of benzene rings is 1. The smallest absolute Gasteiger partial charge is 0.225 e. The molecule has 28 heavy (non-hydrogen) atoms. The fourth-order valence-electron chi connectivity index (χ4n) is 4.09. The molecule has 1 heterocycles. The van der Waals surface area contributed by atoms with E-state index in [1.807, 2.05) is 14.1 Å². The van der Waals surface area contributed by atoms with Crippen molar-refractivity contribution in [1.82, 2.24) is 15.5 Å². The summed E-state index contributed by atoms with van der Waals surface area (Å²) < 4.78 is 0. The van der Waals surface area contributed by atoms with Crippen LogP contribution in [0.5, 0.6) is 0 Å². The van der Waals surface area contributed by atoms with E-state index < -0.39 is 0 Å². The standard InChI is InChI=1S/C22H35N5O/c1-4-23-22(24-15-17-9-11-20(12-10-17)26(2)3)25-19-13-14-27(16-19)21(28)18-7-5-6-8-18/h9-12,18-19H,4-8,13-16H2,1-3H3,(H2,23,24,25). The monoisotopic (exact) mass is 385 g/mol. The van der Waals surface area contributed by atoms with E-state index in [0.717, 1.165) is 44.9 Å². The Morgan fingerprint density at radius 1 is 1.18 bits per heavy atom. The Morgan fingerprint density at radius 3 is 2.54 bits per heavy atom. The molecule has 6 heteroatoms. The lowest BCUT2D eigenvalue weighted by atomic mass is 10.1. The first-order valence-electron chi connectivity index (χ1n) is 10.7. The summed E-state index contributed by atoms with van der Waals surface area (Å²) in [7, 11) is 4.09. The molecule has 1 aliphatic carbocycles. The van der Waals surface area contributed by atoms with Gasteiger partial charge in [-0.1, -0.05) is 25.0 Å². The molecule has 0 aromatic heterocycles. The topological polar surface area (TPSA) is 60.0 Å². The number of likely N-dealkylation sites (tertiary alicyclic amines) is 1. The fourth-order valence-corrected chi connectivity index (χ4v) is 4.09. The van der Waals surface area contributed by atoms with Crippen molar-refractivity contribution in [2.45, 2.75) is 51.6 Å². The molecule has 0 bridgehead atoms. The van der Waals surface area contributed by atoms with Crippen LogP contribution in [0.4, 0.5) is 5.69 Å². The van der Waals surface area contributed by atoms with Crippen molar-refractivity contribution in [3.63, 3.8) is 0 Å².